The molecule has 7 heteroatoms. The highest BCUT2D eigenvalue weighted by atomic mass is 32.2. The number of hydrogen-bond donors (Lipinski definition) is 3. The predicted molar refractivity (Wildman–Crippen MR) is 92.3 cm³/mol. The second-order valence-corrected chi connectivity index (χ2v) is 8.17. The van der Waals surface area contributed by atoms with Gasteiger partial charge in [-0.25, -0.2) is 4.98 Å². The summed E-state index contributed by atoms with van der Waals surface area (Å²) in [5, 5.41) is 7.67. The van der Waals surface area contributed by atoms with Gasteiger partial charge >= 0.3 is 0 Å². The molecular formula is C14H24N4OS2. The maximum atomic E-state index is 12.3. The Balaban J connectivity index is 1.93. The van der Waals surface area contributed by atoms with Gasteiger partial charge < -0.3 is 16.4 Å². The number of nitrogens with zero attached hydrogens (tertiary/aromatic N) is 1. The number of nitrogen functional groups attached to an aromatic ring is 1. The Morgan fingerprint density at radius 3 is 2.95 bits per heavy atom. The van der Waals surface area contributed by atoms with E-state index in [1.807, 2.05) is 25.6 Å². The lowest BCUT2D eigenvalue weighted by molar-refractivity contribution is 0.0943. The van der Waals surface area contributed by atoms with Gasteiger partial charge in [-0.2, -0.15) is 11.8 Å². The molecule has 1 amide bonds. The van der Waals surface area contributed by atoms with E-state index in [1.54, 1.807) is 0 Å². The lowest BCUT2D eigenvalue weighted by Crippen LogP contribution is -2.33. The average Bonchev–Trinajstić information content (AvgIpc) is 2.96. The molecule has 5 nitrogen and oxygen atoms in total. The fourth-order valence-electron chi connectivity index (χ4n) is 2.51. The topological polar surface area (TPSA) is 80.0 Å². The van der Waals surface area contributed by atoms with Crippen molar-refractivity contribution in [3.05, 3.63) is 4.88 Å². The number of rotatable bonds is 6. The van der Waals surface area contributed by atoms with E-state index in [4.69, 9.17) is 5.73 Å². The van der Waals surface area contributed by atoms with Gasteiger partial charge in [-0.3, -0.25) is 4.79 Å². The molecule has 0 spiro atoms. The summed E-state index contributed by atoms with van der Waals surface area (Å²) in [7, 11) is 0. The van der Waals surface area contributed by atoms with Gasteiger partial charge in [0.15, 0.2) is 5.13 Å². The standard InChI is InChI=1S/C14H24N4OS2/c1-4-20-10-6-5-9(7-10)17-13(19)11-12(15)18-14(21-11)16-8(2)3/h8-10H,4-7,15H2,1-3H3,(H,16,18)(H,17,19). The minimum Gasteiger partial charge on any atom is -0.382 e. The number of anilines is 2. The van der Waals surface area contributed by atoms with Crippen LogP contribution in [-0.2, 0) is 0 Å². The van der Waals surface area contributed by atoms with Crippen LogP contribution in [0.15, 0.2) is 0 Å². The van der Waals surface area contributed by atoms with Crippen molar-refractivity contribution >= 4 is 40.0 Å². The van der Waals surface area contributed by atoms with Crippen LogP contribution >= 0.6 is 23.1 Å². The maximum Gasteiger partial charge on any atom is 0.265 e. The minimum absolute atomic E-state index is 0.0889. The van der Waals surface area contributed by atoms with E-state index < -0.39 is 0 Å². The van der Waals surface area contributed by atoms with Crippen LogP contribution in [0.3, 0.4) is 0 Å². The summed E-state index contributed by atoms with van der Waals surface area (Å²) in [6.45, 7) is 6.24. The number of hydrogen-bond acceptors (Lipinski definition) is 6. The predicted octanol–water partition coefficient (Wildman–Crippen LogP) is 2.95. The fourth-order valence-corrected chi connectivity index (χ4v) is 4.59. The zero-order chi connectivity index (χ0) is 15.4. The number of thioether (sulfide) groups is 1. The van der Waals surface area contributed by atoms with Gasteiger partial charge in [0.2, 0.25) is 0 Å². The van der Waals surface area contributed by atoms with Crippen molar-refractivity contribution in [1.82, 2.24) is 10.3 Å². The molecule has 0 bridgehead atoms. The number of nitrogens with one attached hydrogen (secondary N) is 2. The van der Waals surface area contributed by atoms with Crippen molar-refractivity contribution in [3.8, 4) is 0 Å². The van der Waals surface area contributed by atoms with Crippen molar-refractivity contribution in [2.24, 2.45) is 0 Å². The Bertz CT molecular complexity index is 489. The number of carbonyl (C=O) groups excluding carboxylic acids is 1. The van der Waals surface area contributed by atoms with Gasteiger partial charge in [-0.05, 0) is 38.9 Å². The first-order valence-electron chi connectivity index (χ1n) is 7.44. The number of nitrogens with two attached hydrogens (primary N) is 1. The third-order valence-corrected chi connectivity index (χ3v) is 5.63. The third-order valence-electron chi connectivity index (χ3n) is 3.39. The van der Waals surface area contributed by atoms with E-state index in [2.05, 4.69) is 22.5 Å². The number of amides is 1. The van der Waals surface area contributed by atoms with E-state index in [9.17, 15) is 4.79 Å². The molecular weight excluding hydrogens is 304 g/mol. The van der Waals surface area contributed by atoms with Gasteiger partial charge in [0.1, 0.15) is 10.7 Å². The quantitative estimate of drug-likeness (QED) is 0.748. The van der Waals surface area contributed by atoms with E-state index in [0.717, 1.165) is 18.6 Å². The average molecular weight is 329 g/mol. The summed E-state index contributed by atoms with van der Waals surface area (Å²) >= 11 is 3.31. The SMILES string of the molecule is CCSC1CCC(NC(=O)c2sc(NC(C)C)nc2N)C1. The van der Waals surface area contributed by atoms with Gasteiger partial charge in [0.25, 0.3) is 5.91 Å². The zero-order valence-corrected chi connectivity index (χ0v) is 14.4. The summed E-state index contributed by atoms with van der Waals surface area (Å²) in [6, 6.07) is 0.540. The van der Waals surface area contributed by atoms with Crippen LogP contribution in [-0.4, -0.2) is 34.0 Å². The lowest BCUT2D eigenvalue weighted by Gasteiger charge is -2.12. The number of carbonyl (C=O) groups is 1. The Morgan fingerprint density at radius 1 is 1.52 bits per heavy atom. The normalized spacial score (nSPS) is 21.7. The molecule has 1 heterocycles. The molecule has 1 aliphatic carbocycles. The van der Waals surface area contributed by atoms with Crippen molar-refractivity contribution in [3.63, 3.8) is 0 Å². The molecule has 21 heavy (non-hydrogen) atoms. The van der Waals surface area contributed by atoms with Crippen LogP contribution in [0.1, 0.15) is 49.7 Å². The molecule has 0 aliphatic heterocycles. The van der Waals surface area contributed by atoms with Crippen LogP contribution in [0.25, 0.3) is 0 Å². The second-order valence-electron chi connectivity index (χ2n) is 5.59. The first-order chi connectivity index (χ1) is 9.99. The smallest absolute Gasteiger partial charge is 0.265 e. The zero-order valence-electron chi connectivity index (χ0n) is 12.8. The molecule has 1 saturated carbocycles. The third kappa shape index (κ3) is 4.51. The van der Waals surface area contributed by atoms with Crippen LogP contribution in [0.4, 0.5) is 10.9 Å². The highest BCUT2D eigenvalue weighted by molar-refractivity contribution is 7.99. The summed E-state index contributed by atoms with van der Waals surface area (Å²) in [5.41, 5.74) is 5.86. The molecule has 0 saturated heterocycles. The van der Waals surface area contributed by atoms with Gasteiger partial charge in [-0.15, -0.1) is 0 Å². The van der Waals surface area contributed by atoms with E-state index in [1.165, 1.54) is 17.8 Å². The summed E-state index contributed by atoms with van der Waals surface area (Å²) in [5.74, 6) is 1.37. The molecule has 1 fully saturated rings. The van der Waals surface area contributed by atoms with E-state index in [-0.39, 0.29) is 18.0 Å². The van der Waals surface area contributed by atoms with Crippen molar-refractivity contribution < 1.29 is 4.79 Å². The largest absolute Gasteiger partial charge is 0.382 e. The number of thiazole rings is 1. The van der Waals surface area contributed by atoms with Gasteiger partial charge in [0, 0.05) is 17.3 Å². The molecule has 118 valence electrons. The highest BCUT2D eigenvalue weighted by Gasteiger charge is 2.27. The molecule has 4 N–H and O–H groups in total. The molecule has 0 radical (unpaired) electrons. The molecule has 2 rings (SSSR count). The van der Waals surface area contributed by atoms with E-state index >= 15 is 0 Å². The van der Waals surface area contributed by atoms with E-state index in [0.29, 0.717) is 21.1 Å². The first-order valence-corrected chi connectivity index (χ1v) is 9.31. The van der Waals surface area contributed by atoms with Crippen LogP contribution in [0, 0.1) is 0 Å². The lowest BCUT2D eigenvalue weighted by atomic mass is 10.2. The molecule has 0 aromatic carbocycles. The van der Waals surface area contributed by atoms with Gasteiger partial charge in [-0.1, -0.05) is 18.3 Å². The molecule has 1 aliphatic rings. The van der Waals surface area contributed by atoms with Gasteiger partial charge in [0.05, 0.1) is 0 Å². The highest BCUT2D eigenvalue weighted by Crippen LogP contribution is 2.31. The molecule has 2 atom stereocenters. The maximum absolute atomic E-state index is 12.3. The fraction of sp³-hybridized carbons (Fsp3) is 0.714. The van der Waals surface area contributed by atoms with Crippen LogP contribution < -0.4 is 16.4 Å². The monoisotopic (exact) mass is 328 g/mol. The van der Waals surface area contributed by atoms with Crippen molar-refractivity contribution in [2.45, 2.75) is 57.4 Å². The van der Waals surface area contributed by atoms with Crippen molar-refractivity contribution in [1.29, 1.82) is 0 Å². The van der Waals surface area contributed by atoms with Crippen LogP contribution in [0.2, 0.25) is 0 Å². The summed E-state index contributed by atoms with van der Waals surface area (Å²) in [6.07, 6.45) is 3.29. The Morgan fingerprint density at radius 2 is 2.29 bits per heavy atom. The molecule has 1 aromatic heterocycles. The minimum atomic E-state index is -0.0889. The Labute approximate surface area is 134 Å². The summed E-state index contributed by atoms with van der Waals surface area (Å²) in [4.78, 5) is 17.1. The molecule has 1 aromatic rings. The Kier molecular flexibility index (Phi) is 5.75. The Hall–Kier alpha value is -0.950. The second kappa shape index (κ2) is 7.35. The summed E-state index contributed by atoms with van der Waals surface area (Å²) < 4.78 is 0. The molecule has 2 unspecified atom stereocenters. The van der Waals surface area contributed by atoms with Crippen LogP contribution in [0.5, 0.6) is 0 Å². The van der Waals surface area contributed by atoms with Crippen molar-refractivity contribution in [2.75, 3.05) is 16.8 Å². The number of aromatic nitrogens is 1. The first kappa shape index (κ1) is 16.4.